The van der Waals surface area contributed by atoms with E-state index in [1.807, 2.05) is 0 Å². The van der Waals surface area contributed by atoms with Gasteiger partial charge in [-0.3, -0.25) is 8.97 Å². The van der Waals surface area contributed by atoms with Crippen LogP contribution in [0.15, 0.2) is 0 Å². The van der Waals surface area contributed by atoms with Gasteiger partial charge in [0.1, 0.15) is 0 Å². The van der Waals surface area contributed by atoms with Crippen LogP contribution in [0.2, 0.25) is 0 Å². The molecule has 26 heavy (non-hydrogen) atoms. The molecule has 0 spiro atoms. The van der Waals surface area contributed by atoms with E-state index in [0.717, 1.165) is 6.17 Å². The Hall–Kier alpha value is -0.0800. The van der Waals surface area contributed by atoms with Crippen molar-refractivity contribution in [1.82, 2.24) is 0 Å². The van der Waals surface area contributed by atoms with E-state index >= 15 is 0 Å². The zero-order valence-corrected chi connectivity index (χ0v) is 19.8. The summed E-state index contributed by atoms with van der Waals surface area (Å²) in [7, 11) is 9.84. The highest BCUT2D eigenvalue weighted by Gasteiger charge is 2.39. The van der Waals surface area contributed by atoms with Gasteiger partial charge in [-0.2, -0.15) is 0 Å². The maximum absolute atomic E-state index is 2.46. The quantitative estimate of drug-likeness (QED) is 0.139. The molecule has 0 aromatic rings. The lowest BCUT2D eigenvalue weighted by atomic mass is 10.0. The third-order valence-corrected chi connectivity index (χ3v) is 6.28. The normalized spacial score (nSPS) is 12.9. The summed E-state index contributed by atoms with van der Waals surface area (Å²) in [4.78, 5) is 0. The van der Waals surface area contributed by atoms with Gasteiger partial charge in [-0.05, 0) is 19.3 Å². The second-order valence-electron chi connectivity index (χ2n) is 9.81. The van der Waals surface area contributed by atoms with Crippen molar-refractivity contribution in [3.63, 3.8) is 0 Å². The fraction of sp³-hybridized carbons (Fsp3) is 1.00. The molecular formula is C24H54N2+2. The molecule has 2 heteroatoms. The highest BCUT2D eigenvalue weighted by atomic mass is 15.5. The Kier molecular flexibility index (Phi) is 14.9. The van der Waals surface area contributed by atoms with E-state index in [4.69, 9.17) is 0 Å². The predicted octanol–water partition coefficient (Wildman–Crippen LogP) is 6.99. The van der Waals surface area contributed by atoms with Gasteiger partial charge >= 0.3 is 0 Å². The third-order valence-electron chi connectivity index (χ3n) is 6.28. The van der Waals surface area contributed by atoms with Crippen LogP contribution in [-0.4, -0.2) is 56.4 Å². The Bertz CT molecular complexity index is 291. The molecule has 0 amide bonds. The molecule has 0 aliphatic rings. The molecule has 0 N–H and O–H groups in total. The van der Waals surface area contributed by atoms with E-state index in [2.05, 4.69) is 49.0 Å². The minimum atomic E-state index is 0.744. The standard InChI is InChI=1S/C24H54N2/c1-8-11-12-13-14-15-16-17-18-19-20-21-24(25(4,5)22-9-2)26(6,7)23-10-3/h24H,8-23H2,1-7H3/q+2. The van der Waals surface area contributed by atoms with Crippen molar-refractivity contribution in [3.8, 4) is 0 Å². The van der Waals surface area contributed by atoms with E-state index < -0.39 is 0 Å². The predicted molar refractivity (Wildman–Crippen MR) is 119 cm³/mol. The average Bonchev–Trinajstić information content (AvgIpc) is 2.55. The zero-order chi connectivity index (χ0) is 19.9. The fourth-order valence-electron chi connectivity index (χ4n) is 4.99. The largest absolute Gasteiger partial charge is 0.280 e. The lowest BCUT2D eigenvalue weighted by Crippen LogP contribution is -2.64. The Morgan fingerprint density at radius 3 is 1.15 bits per heavy atom. The van der Waals surface area contributed by atoms with Crippen molar-refractivity contribution in [2.75, 3.05) is 41.3 Å². The van der Waals surface area contributed by atoms with Crippen molar-refractivity contribution < 1.29 is 8.97 Å². The van der Waals surface area contributed by atoms with Crippen LogP contribution < -0.4 is 0 Å². The van der Waals surface area contributed by atoms with E-state index in [-0.39, 0.29) is 0 Å². The molecule has 0 rings (SSSR count). The molecule has 0 saturated heterocycles. The number of quaternary nitrogens is 2. The lowest BCUT2D eigenvalue weighted by Gasteiger charge is -2.47. The van der Waals surface area contributed by atoms with Crippen LogP contribution in [0.3, 0.4) is 0 Å². The first-order valence-electron chi connectivity index (χ1n) is 12.0. The zero-order valence-electron chi connectivity index (χ0n) is 19.8. The van der Waals surface area contributed by atoms with Gasteiger partial charge in [0.05, 0.1) is 47.7 Å². The Balaban J connectivity index is 4.08. The summed E-state index contributed by atoms with van der Waals surface area (Å²) in [6.07, 6.45) is 20.6. The second-order valence-corrected chi connectivity index (χ2v) is 9.81. The van der Waals surface area contributed by atoms with Gasteiger partial charge in [-0.1, -0.05) is 85.0 Å². The highest BCUT2D eigenvalue weighted by molar-refractivity contribution is 4.53. The van der Waals surface area contributed by atoms with Gasteiger partial charge < -0.3 is 0 Å². The summed E-state index contributed by atoms with van der Waals surface area (Å²) in [6.45, 7) is 9.56. The fourth-order valence-corrected chi connectivity index (χ4v) is 4.99. The Morgan fingerprint density at radius 2 is 0.808 bits per heavy atom. The maximum Gasteiger partial charge on any atom is 0.215 e. The minimum Gasteiger partial charge on any atom is -0.280 e. The van der Waals surface area contributed by atoms with Crippen LogP contribution >= 0.6 is 0 Å². The van der Waals surface area contributed by atoms with Crippen molar-refractivity contribution >= 4 is 0 Å². The topological polar surface area (TPSA) is 0 Å². The van der Waals surface area contributed by atoms with Crippen molar-refractivity contribution in [3.05, 3.63) is 0 Å². The number of unbranched alkanes of at least 4 members (excludes halogenated alkanes) is 10. The third kappa shape index (κ3) is 11.6. The van der Waals surface area contributed by atoms with Gasteiger partial charge in [-0.25, -0.2) is 0 Å². The lowest BCUT2D eigenvalue weighted by molar-refractivity contribution is -1.10. The summed E-state index contributed by atoms with van der Waals surface area (Å²) in [5.74, 6) is 0. The summed E-state index contributed by atoms with van der Waals surface area (Å²) in [5.41, 5.74) is 0. The van der Waals surface area contributed by atoms with Crippen LogP contribution in [0, 0.1) is 0 Å². The van der Waals surface area contributed by atoms with Gasteiger partial charge in [-0.15, -0.1) is 0 Å². The SMILES string of the molecule is CCCCCCCCCCCCCC([N+](C)(C)CCC)[N+](C)(C)CCC. The monoisotopic (exact) mass is 370 g/mol. The van der Waals surface area contributed by atoms with E-state index in [1.165, 1.54) is 112 Å². The molecular weight excluding hydrogens is 316 g/mol. The first-order valence-corrected chi connectivity index (χ1v) is 12.0. The highest BCUT2D eigenvalue weighted by Crippen LogP contribution is 2.24. The van der Waals surface area contributed by atoms with Crippen LogP contribution in [0.25, 0.3) is 0 Å². The van der Waals surface area contributed by atoms with Crippen LogP contribution in [0.1, 0.15) is 111 Å². The minimum absolute atomic E-state index is 0.744. The molecule has 0 radical (unpaired) electrons. The van der Waals surface area contributed by atoms with Crippen molar-refractivity contribution in [1.29, 1.82) is 0 Å². The summed E-state index contributed by atoms with van der Waals surface area (Å²) in [5, 5.41) is 0. The van der Waals surface area contributed by atoms with E-state index in [0.29, 0.717) is 0 Å². The molecule has 0 unspecified atom stereocenters. The average molecular weight is 371 g/mol. The summed E-state index contributed by atoms with van der Waals surface area (Å²) < 4.78 is 2.36. The van der Waals surface area contributed by atoms with Gasteiger partial charge in [0.25, 0.3) is 0 Å². The first-order chi connectivity index (χ1) is 12.3. The second kappa shape index (κ2) is 14.9. The summed E-state index contributed by atoms with van der Waals surface area (Å²) in [6, 6.07) is 0. The maximum atomic E-state index is 2.46. The molecule has 0 aliphatic carbocycles. The first kappa shape index (κ1) is 25.9. The Labute approximate surface area is 167 Å². The molecule has 0 heterocycles. The van der Waals surface area contributed by atoms with Gasteiger partial charge in [0.2, 0.25) is 6.17 Å². The summed E-state index contributed by atoms with van der Waals surface area (Å²) >= 11 is 0. The molecule has 0 aromatic carbocycles. The van der Waals surface area contributed by atoms with Crippen LogP contribution in [-0.2, 0) is 0 Å². The van der Waals surface area contributed by atoms with E-state index in [1.54, 1.807) is 0 Å². The number of hydrogen-bond donors (Lipinski definition) is 0. The van der Waals surface area contributed by atoms with Gasteiger partial charge in [0.15, 0.2) is 0 Å². The number of hydrogen-bond acceptors (Lipinski definition) is 0. The molecule has 0 aliphatic heterocycles. The molecule has 2 nitrogen and oxygen atoms in total. The van der Waals surface area contributed by atoms with E-state index in [9.17, 15) is 0 Å². The van der Waals surface area contributed by atoms with Crippen LogP contribution in [0.4, 0.5) is 0 Å². The molecule has 158 valence electrons. The smallest absolute Gasteiger partial charge is 0.215 e. The van der Waals surface area contributed by atoms with Gasteiger partial charge in [0, 0.05) is 0 Å². The number of nitrogens with zero attached hydrogens (tertiary/aromatic N) is 2. The van der Waals surface area contributed by atoms with Crippen LogP contribution in [0.5, 0.6) is 0 Å². The molecule has 0 atom stereocenters. The Morgan fingerprint density at radius 1 is 0.462 bits per heavy atom. The molecule has 0 aromatic heterocycles. The number of rotatable bonds is 18. The van der Waals surface area contributed by atoms with Crippen molar-refractivity contribution in [2.24, 2.45) is 0 Å². The molecule has 0 bridgehead atoms. The molecule has 0 saturated carbocycles. The molecule has 0 fully saturated rings. The van der Waals surface area contributed by atoms with Crippen molar-refractivity contribution in [2.45, 2.75) is 117 Å².